The Bertz CT molecular complexity index is 672. The van der Waals surface area contributed by atoms with Crippen LogP contribution in [0, 0.1) is 0 Å². The Balaban J connectivity index is 2.72. The first-order valence-corrected chi connectivity index (χ1v) is 5.69. The molecule has 96 valence electrons. The molecule has 0 bridgehead atoms. The molecular weight excluding hydrogens is 234 g/mol. The Labute approximate surface area is 103 Å². The number of methoxy groups -OCH3 is 1. The van der Waals surface area contributed by atoms with E-state index in [9.17, 15) is 9.59 Å². The predicted octanol–water partition coefficient (Wildman–Crippen LogP) is 0.0472. The summed E-state index contributed by atoms with van der Waals surface area (Å²) in [6.07, 6.45) is 0.582. The smallest absolute Gasteiger partial charge is 0.328 e. The second-order valence-corrected chi connectivity index (χ2v) is 3.91. The van der Waals surface area contributed by atoms with E-state index in [1.165, 1.54) is 7.11 Å². The summed E-state index contributed by atoms with van der Waals surface area (Å²) in [4.78, 5) is 26.7. The molecule has 0 aliphatic rings. The van der Waals surface area contributed by atoms with Crippen LogP contribution in [0.1, 0.15) is 6.42 Å². The molecule has 0 fully saturated rings. The summed E-state index contributed by atoms with van der Waals surface area (Å²) in [7, 11) is 1.49. The number of nitrogens with one attached hydrogen (secondary N) is 1. The van der Waals surface area contributed by atoms with E-state index in [2.05, 4.69) is 4.98 Å². The minimum Gasteiger partial charge on any atom is -0.495 e. The highest BCUT2D eigenvalue weighted by Gasteiger charge is 2.10. The van der Waals surface area contributed by atoms with Crippen LogP contribution in [0.2, 0.25) is 0 Å². The van der Waals surface area contributed by atoms with Crippen molar-refractivity contribution in [3.8, 4) is 5.75 Å². The van der Waals surface area contributed by atoms with E-state index < -0.39 is 5.69 Å². The van der Waals surface area contributed by atoms with Crippen LogP contribution in [0.15, 0.2) is 27.8 Å². The molecule has 1 aromatic carbocycles. The Kier molecular flexibility index (Phi) is 3.47. The van der Waals surface area contributed by atoms with Crippen molar-refractivity contribution in [2.45, 2.75) is 13.0 Å². The molecule has 0 radical (unpaired) electrons. The summed E-state index contributed by atoms with van der Waals surface area (Å²) in [6.45, 7) is 0.750. The highest BCUT2D eigenvalue weighted by molar-refractivity contribution is 5.83. The molecule has 3 N–H and O–H groups in total. The van der Waals surface area contributed by atoms with Crippen LogP contribution >= 0.6 is 0 Å². The second kappa shape index (κ2) is 5.05. The van der Waals surface area contributed by atoms with Gasteiger partial charge in [-0.05, 0) is 25.1 Å². The van der Waals surface area contributed by atoms with Gasteiger partial charge in [-0.25, -0.2) is 4.79 Å². The third-order valence-electron chi connectivity index (χ3n) is 2.78. The van der Waals surface area contributed by atoms with E-state index in [4.69, 9.17) is 10.5 Å². The summed E-state index contributed by atoms with van der Waals surface area (Å²) in [5.41, 5.74) is 5.06. The fraction of sp³-hybridized carbons (Fsp3) is 0.333. The molecule has 0 saturated carbocycles. The van der Waals surface area contributed by atoms with E-state index in [1.807, 2.05) is 0 Å². The van der Waals surface area contributed by atoms with Crippen molar-refractivity contribution in [2.75, 3.05) is 13.7 Å². The Morgan fingerprint density at radius 2 is 2.17 bits per heavy atom. The highest BCUT2D eigenvalue weighted by Crippen LogP contribution is 2.19. The Morgan fingerprint density at radius 3 is 2.83 bits per heavy atom. The summed E-state index contributed by atoms with van der Waals surface area (Å²) in [6, 6.07) is 5.07. The van der Waals surface area contributed by atoms with Crippen LogP contribution in [0.4, 0.5) is 0 Å². The van der Waals surface area contributed by atoms with Gasteiger partial charge in [0, 0.05) is 6.54 Å². The molecule has 0 aliphatic heterocycles. The number of nitrogens with two attached hydrogens (primary N) is 1. The first-order chi connectivity index (χ1) is 8.69. The fourth-order valence-electron chi connectivity index (χ4n) is 1.87. The first kappa shape index (κ1) is 12.4. The molecule has 0 unspecified atom stereocenters. The lowest BCUT2D eigenvalue weighted by atomic mass is 10.2. The minimum absolute atomic E-state index is 0.317. The van der Waals surface area contributed by atoms with E-state index in [1.54, 1.807) is 18.2 Å². The van der Waals surface area contributed by atoms with Gasteiger partial charge in [0.2, 0.25) is 0 Å². The van der Waals surface area contributed by atoms with Crippen molar-refractivity contribution in [3.05, 3.63) is 39.0 Å². The SMILES string of the molecule is COc1cccc2c(=O)n(CCCN)c(=O)[nH]c12. The van der Waals surface area contributed by atoms with E-state index >= 15 is 0 Å². The lowest BCUT2D eigenvalue weighted by Gasteiger charge is -2.08. The number of rotatable bonds is 4. The zero-order valence-corrected chi connectivity index (χ0v) is 10.1. The zero-order valence-electron chi connectivity index (χ0n) is 10.1. The van der Waals surface area contributed by atoms with Crippen molar-refractivity contribution in [2.24, 2.45) is 5.73 Å². The molecule has 2 aromatic rings. The van der Waals surface area contributed by atoms with Crippen LogP contribution in [-0.2, 0) is 6.54 Å². The third-order valence-corrected chi connectivity index (χ3v) is 2.78. The molecular formula is C12H15N3O3. The molecule has 2 rings (SSSR count). The lowest BCUT2D eigenvalue weighted by Crippen LogP contribution is -2.35. The number of ether oxygens (including phenoxy) is 1. The first-order valence-electron chi connectivity index (χ1n) is 5.69. The van der Waals surface area contributed by atoms with Gasteiger partial charge in [-0.3, -0.25) is 9.36 Å². The molecule has 6 nitrogen and oxygen atoms in total. The molecule has 0 spiro atoms. The Hall–Kier alpha value is -2.08. The maximum absolute atomic E-state index is 12.2. The van der Waals surface area contributed by atoms with Crippen LogP contribution < -0.4 is 21.7 Å². The number of fused-ring (bicyclic) bond motifs is 1. The molecule has 0 aliphatic carbocycles. The predicted molar refractivity (Wildman–Crippen MR) is 69.1 cm³/mol. The molecule has 18 heavy (non-hydrogen) atoms. The van der Waals surface area contributed by atoms with Crippen LogP contribution in [-0.4, -0.2) is 23.2 Å². The van der Waals surface area contributed by atoms with Gasteiger partial charge in [-0.2, -0.15) is 0 Å². The summed E-state index contributed by atoms with van der Waals surface area (Å²) in [5, 5.41) is 0.436. The highest BCUT2D eigenvalue weighted by atomic mass is 16.5. The number of benzene rings is 1. The molecule has 0 saturated heterocycles. The minimum atomic E-state index is -0.439. The van der Waals surface area contributed by atoms with Crippen molar-refractivity contribution in [1.29, 1.82) is 0 Å². The third kappa shape index (κ3) is 2.02. The van der Waals surface area contributed by atoms with Gasteiger partial charge < -0.3 is 15.5 Å². The quantitative estimate of drug-likeness (QED) is 0.801. The molecule has 0 atom stereocenters. The fourth-order valence-corrected chi connectivity index (χ4v) is 1.87. The van der Waals surface area contributed by atoms with Crippen molar-refractivity contribution >= 4 is 10.9 Å². The Morgan fingerprint density at radius 1 is 1.39 bits per heavy atom. The average molecular weight is 249 g/mol. The van der Waals surface area contributed by atoms with Crippen molar-refractivity contribution in [1.82, 2.24) is 9.55 Å². The number of H-pyrrole nitrogens is 1. The maximum atomic E-state index is 12.2. The van der Waals surface area contributed by atoms with Gasteiger partial charge in [-0.15, -0.1) is 0 Å². The number of hydrogen-bond donors (Lipinski definition) is 2. The van der Waals surface area contributed by atoms with Gasteiger partial charge in [0.25, 0.3) is 5.56 Å². The van der Waals surface area contributed by atoms with Gasteiger partial charge >= 0.3 is 5.69 Å². The normalized spacial score (nSPS) is 10.8. The van der Waals surface area contributed by atoms with Gasteiger partial charge in [0.1, 0.15) is 5.75 Å². The van der Waals surface area contributed by atoms with Gasteiger partial charge in [0.05, 0.1) is 18.0 Å². The van der Waals surface area contributed by atoms with E-state index in [0.717, 1.165) is 4.57 Å². The number of aromatic amines is 1. The standard InChI is InChI=1S/C12H15N3O3/c1-18-9-5-2-4-8-10(9)14-12(17)15(11(8)16)7-3-6-13/h2,4-5H,3,6-7,13H2,1H3,(H,14,17). The van der Waals surface area contributed by atoms with Crippen LogP contribution in [0.25, 0.3) is 10.9 Å². The topological polar surface area (TPSA) is 90.1 Å². The lowest BCUT2D eigenvalue weighted by molar-refractivity contribution is 0.418. The monoisotopic (exact) mass is 249 g/mol. The molecule has 6 heteroatoms. The number of para-hydroxylation sites is 1. The van der Waals surface area contributed by atoms with E-state index in [0.29, 0.717) is 36.2 Å². The summed E-state index contributed by atoms with van der Waals surface area (Å²) in [5.74, 6) is 0.479. The zero-order chi connectivity index (χ0) is 13.1. The molecule has 1 aromatic heterocycles. The van der Waals surface area contributed by atoms with Crippen molar-refractivity contribution in [3.63, 3.8) is 0 Å². The number of hydrogen-bond acceptors (Lipinski definition) is 4. The van der Waals surface area contributed by atoms with Gasteiger partial charge in [0.15, 0.2) is 0 Å². The molecule has 1 heterocycles. The average Bonchev–Trinajstić information content (AvgIpc) is 2.38. The van der Waals surface area contributed by atoms with Crippen LogP contribution in [0.3, 0.4) is 0 Å². The van der Waals surface area contributed by atoms with E-state index in [-0.39, 0.29) is 5.56 Å². The number of aromatic nitrogens is 2. The van der Waals surface area contributed by atoms with Crippen molar-refractivity contribution < 1.29 is 4.74 Å². The van der Waals surface area contributed by atoms with Crippen LogP contribution in [0.5, 0.6) is 5.75 Å². The maximum Gasteiger partial charge on any atom is 0.328 e. The summed E-state index contributed by atoms with van der Waals surface area (Å²) < 4.78 is 6.28. The summed E-state index contributed by atoms with van der Waals surface area (Å²) >= 11 is 0. The number of nitrogens with zero attached hydrogens (tertiary/aromatic N) is 1. The van der Waals surface area contributed by atoms with Gasteiger partial charge in [-0.1, -0.05) is 6.07 Å². The molecule has 0 amide bonds. The second-order valence-electron chi connectivity index (χ2n) is 3.91. The largest absolute Gasteiger partial charge is 0.495 e.